The summed E-state index contributed by atoms with van der Waals surface area (Å²) in [5, 5.41) is 3.06. The van der Waals surface area contributed by atoms with Crippen molar-refractivity contribution >= 4 is 15.7 Å². The molecule has 0 spiro atoms. The number of amides is 1. The molecule has 0 saturated carbocycles. The summed E-state index contributed by atoms with van der Waals surface area (Å²) >= 11 is 0. The summed E-state index contributed by atoms with van der Waals surface area (Å²) in [5.41, 5.74) is 0. The molecule has 1 unspecified atom stereocenters. The molecule has 0 radical (unpaired) electrons. The summed E-state index contributed by atoms with van der Waals surface area (Å²) in [5.74, 6) is 0.492. The maximum Gasteiger partial charge on any atom is 0.236 e. The molecule has 1 N–H and O–H groups in total. The van der Waals surface area contributed by atoms with E-state index in [0.717, 1.165) is 6.42 Å². The Kier molecular flexibility index (Phi) is 5.39. The van der Waals surface area contributed by atoms with Crippen LogP contribution in [0.2, 0.25) is 0 Å². The topological polar surface area (TPSA) is 66.5 Å². The quantitative estimate of drug-likeness (QED) is 0.758. The number of likely N-dealkylation sites (N-methyl/N-ethyl adjacent to an activating group) is 1. The van der Waals surface area contributed by atoms with E-state index in [1.807, 2.05) is 13.8 Å². The van der Waals surface area contributed by atoms with Gasteiger partial charge in [0.2, 0.25) is 5.91 Å². The lowest BCUT2D eigenvalue weighted by atomic mass is 10.2. The van der Waals surface area contributed by atoms with Gasteiger partial charge in [-0.2, -0.15) is 0 Å². The van der Waals surface area contributed by atoms with E-state index in [1.54, 1.807) is 4.90 Å². The zero-order chi connectivity index (χ0) is 12.9. The molecule has 1 heterocycles. The van der Waals surface area contributed by atoms with Gasteiger partial charge in [0.15, 0.2) is 9.84 Å². The third kappa shape index (κ3) is 4.63. The van der Waals surface area contributed by atoms with Crippen LogP contribution in [0.1, 0.15) is 26.7 Å². The molecule has 5 nitrogen and oxygen atoms in total. The second kappa shape index (κ2) is 6.35. The van der Waals surface area contributed by atoms with Gasteiger partial charge in [-0.25, -0.2) is 8.42 Å². The van der Waals surface area contributed by atoms with Gasteiger partial charge < -0.3 is 10.2 Å². The van der Waals surface area contributed by atoms with E-state index >= 15 is 0 Å². The van der Waals surface area contributed by atoms with Crippen molar-refractivity contribution in [1.82, 2.24) is 10.2 Å². The highest BCUT2D eigenvalue weighted by Gasteiger charge is 2.25. The molecule has 1 fully saturated rings. The van der Waals surface area contributed by atoms with Gasteiger partial charge in [0, 0.05) is 19.1 Å². The molecule has 1 amide bonds. The molecule has 0 aromatic rings. The maximum atomic E-state index is 11.7. The summed E-state index contributed by atoms with van der Waals surface area (Å²) in [6.07, 6.45) is 1.53. The Morgan fingerprint density at radius 3 is 2.53 bits per heavy atom. The van der Waals surface area contributed by atoms with Gasteiger partial charge in [0.05, 0.1) is 18.1 Å². The van der Waals surface area contributed by atoms with Crippen molar-refractivity contribution in [3.8, 4) is 0 Å². The zero-order valence-corrected chi connectivity index (χ0v) is 11.4. The molecular formula is C11H22N2O3S. The van der Waals surface area contributed by atoms with Crippen molar-refractivity contribution in [2.45, 2.75) is 32.7 Å². The number of nitrogens with one attached hydrogen (secondary N) is 1. The second-order valence-electron chi connectivity index (χ2n) is 4.40. The molecule has 0 aliphatic carbocycles. The lowest BCUT2D eigenvalue weighted by Crippen LogP contribution is -2.45. The van der Waals surface area contributed by atoms with Crippen LogP contribution in [0.3, 0.4) is 0 Å². The standard InChI is InChI=1S/C11H22N2O3S/c1-3-13(4-2)11(14)8-12-10-6-5-7-17(15,16)9-10/h10,12H,3-9H2,1-2H3. The highest BCUT2D eigenvalue weighted by molar-refractivity contribution is 7.91. The molecule has 0 bridgehead atoms. The first kappa shape index (κ1) is 14.4. The third-order valence-electron chi connectivity index (χ3n) is 3.12. The Morgan fingerprint density at radius 2 is 2.00 bits per heavy atom. The molecule has 1 atom stereocenters. The van der Waals surface area contributed by atoms with Crippen molar-refractivity contribution in [3.63, 3.8) is 0 Å². The smallest absolute Gasteiger partial charge is 0.236 e. The SMILES string of the molecule is CCN(CC)C(=O)CNC1CCCS(=O)(=O)C1. The lowest BCUT2D eigenvalue weighted by molar-refractivity contribution is -0.129. The van der Waals surface area contributed by atoms with Crippen LogP contribution in [0.5, 0.6) is 0 Å². The average molecular weight is 262 g/mol. The highest BCUT2D eigenvalue weighted by atomic mass is 32.2. The monoisotopic (exact) mass is 262 g/mol. The van der Waals surface area contributed by atoms with Crippen molar-refractivity contribution in [2.75, 3.05) is 31.1 Å². The Hall–Kier alpha value is -0.620. The molecule has 0 aromatic heterocycles. The van der Waals surface area contributed by atoms with Crippen molar-refractivity contribution in [1.29, 1.82) is 0 Å². The number of carbonyl (C=O) groups is 1. The Bertz CT molecular complexity index is 350. The fourth-order valence-corrected chi connectivity index (χ4v) is 3.77. The molecule has 0 aromatic carbocycles. The largest absolute Gasteiger partial charge is 0.342 e. The Labute approximate surface area is 103 Å². The summed E-state index contributed by atoms with van der Waals surface area (Å²) in [6, 6.07) is -0.0618. The summed E-state index contributed by atoms with van der Waals surface area (Å²) < 4.78 is 22.8. The van der Waals surface area contributed by atoms with E-state index in [-0.39, 0.29) is 30.0 Å². The first-order valence-corrected chi connectivity index (χ1v) is 8.02. The number of hydrogen-bond acceptors (Lipinski definition) is 4. The van der Waals surface area contributed by atoms with Crippen molar-refractivity contribution in [2.24, 2.45) is 0 Å². The van der Waals surface area contributed by atoms with Crippen LogP contribution < -0.4 is 5.32 Å². The predicted molar refractivity (Wildman–Crippen MR) is 67.6 cm³/mol. The summed E-state index contributed by atoms with van der Waals surface area (Å²) in [6.45, 7) is 5.50. The first-order valence-electron chi connectivity index (χ1n) is 6.20. The molecule has 17 heavy (non-hydrogen) atoms. The molecule has 1 aliphatic heterocycles. The Balaban J connectivity index is 2.38. The normalized spacial score (nSPS) is 23.3. The van der Waals surface area contributed by atoms with Gasteiger partial charge in [-0.15, -0.1) is 0 Å². The number of nitrogens with zero attached hydrogens (tertiary/aromatic N) is 1. The van der Waals surface area contributed by atoms with E-state index in [0.29, 0.717) is 19.5 Å². The van der Waals surface area contributed by atoms with Crippen molar-refractivity contribution < 1.29 is 13.2 Å². The number of hydrogen-bond donors (Lipinski definition) is 1. The first-order chi connectivity index (χ1) is 7.98. The maximum absolute atomic E-state index is 11.7. The van der Waals surface area contributed by atoms with E-state index < -0.39 is 9.84 Å². The fourth-order valence-electron chi connectivity index (χ4n) is 2.10. The molecular weight excluding hydrogens is 240 g/mol. The second-order valence-corrected chi connectivity index (χ2v) is 6.63. The van der Waals surface area contributed by atoms with Crippen LogP contribution in [0, 0.1) is 0 Å². The highest BCUT2D eigenvalue weighted by Crippen LogP contribution is 2.11. The van der Waals surface area contributed by atoms with Gasteiger partial charge in [-0.1, -0.05) is 0 Å². The third-order valence-corrected chi connectivity index (χ3v) is 4.94. The minimum absolute atomic E-state index is 0.0398. The van der Waals surface area contributed by atoms with Crippen LogP contribution in [-0.2, 0) is 14.6 Å². The van der Waals surface area contributed by atoms with Crippen LogP contribution >= 0.6 is 0 Å². The van der Waals surface area contributed by atoms with Gasteiger partial charge in [0.25, 0.3) is 0 Å². The van der Waals surface area contributed by atoms with Crippen LogP contribution in [0.4, 0.5) is 0 Å². The molecule has 100 valence electrons. The van der Waals surface area contributed by atoms with Crippen LogP contribution in [-0.4, -0.2) is 56.4 Å². The van der Waals surface area contributed by atoms with Crippen molar-refractivity contribution in [3.05, 3.63) is 0 Å². The van der Waals surface area contributed by atoms with Crippen LogP contribution in [0.25, 0.3) is 0 Å². The van der Waals surface area contributed by atoms with Gasteiger partial charge in [0.1, 0.15) is 0 Å². The number of sulfone groups is 1. The number of carbonyl (C=O) groups excluding carboxylic acids is 1. The van der Waals surface area contributed by atoms with E-state index in [4.69, 9.17) is 0 Å². The van der Waals surface area contributed by atoms with Gasteiger partial charge in [-0.05, 0) is 26.7 Å². The average Bonchev–Trinajstić information content (AvgIpc) is 2.27. The minimum atomic E-state index is -2.90. The molecule has 1 saturated heterocycles. The zero-order valence-electron chi connectivity index (χ0n) is 10.6. The fraction of sp³-hybridized carbons (Fsp3) is 0.909. The van der Waals surface area contributed by atoms with E-state index in [1.165, 1.54) is 0 Å². The molecule has 6 heteroatoms. The van der Waals surface area contributed by atoms with Crippen LogP contribution in [0.15, 0.2) is 0 Å². The molecule has 1 rings (SSSR count). The summed E-state index contributed by atoms with van der Waals surface area (Å²) in [4.78, 5) is 13.5. The predicted octanol–water partition coefficient (Wildman–Crippen LogP) is 0.0216. The van der Waals surface area contributed by atoms with Gasteiger partial charge >= 0.3 is 0 Å². The minimum Gasteiger partial charge on any atom is -0.342 e. The molecule has 1 aliphatic rings. The van der Waals surface area contributed by atoms with E-state index in [2.05, 4.69) is 5.32 Å². The lowest BCUT2D eigenvalue weighted by Gasteiger charge is -2.25. The van der Waals surface area contributed by atoms with E-state index in [9.17, 15) is 13.2 Å². The van der Waals surface area contributed by atoms with Gasteiger partial charge in [-0.3, -0.25) is 4.79 Å². The Morgan fingerprint density at radius 1 is 1.35 bits per heavy atom. The summed E-state index contributed by atoms with van der Waals surface area (Å²) in [7, 11) is -2.90. The number of rotatable bonds is 5.